The van der Waals surface area contributed by atoms with Crippen LogP contribution in [-0.4, -0.2) is 30.6 Å². The summed E-state index contributed by atoms with van der Waals surface area (Å²) in [6.45, 7) is 4.08. The van der Waals surface area contributed by atoms with Crippen molar-refractivity contribution in [3.63, 3.8) is 0 Å². The number of ether oxygens (including phenoxy) is 1. The van der Waals surface area contributed by atoms with E-state index in [0.717, 1.165) is 29.7 Å². The number of fused-ring (bicyclic) bond motifs is 3. The molecule has 2 atom stereocenters. The number of carbonyl (C=O) groups excluding carboxylic acids is 1. The molecule has 0 bridgehead atoms. The van der Waals surface area contributed by atoms with Crippen molar-refractivity contribution < 1.29 is 9.53 Å². The van der Waals surface area contributed by atoms with Crippen molar-refractivity contribution in [3.8, 4) is 0 Å². The van der Waals surface area contributed by atoms with Crippen molar-refractivity contribution in [3.05, 3.63) is 22.3 Å². The molecule has 1 fully saturated rings. The highest BCUT2D eigenvalue weighted by Crippen LogP contribution is 2.43. The number of pyridine rings is 1. The smallest absolute Gasteiger partial charge is 0.231 e. The number of carbonyl (C=O) groups is 1. The summed E-state index contributed by atoms with van der Waals surface area (Å²) in [5, 5.41) is 0. The second-order valence-corrected chi connectivity index (χ2v) is 5.97. The molecule has 0 saturated carbocycles. The molecule has 3 rings (SSSR count). The van der Waals surface area contributed by atoms with Crippen molar-refractivity contribution in [2.45, 2.75) is 25.7 Å². The lowest BCUT2D eigenvalue weighted by Crippen LogP contribution is -2.44. The average Bonchev–Trinajstić information content (AvgIpc) is 2.66. The molecule has 1 saturated heterocycles. The second kappa shape index (κ2) is 5.21. The number of rotatable bonds is 1. The number of aromatic nitrogens is 1. The molecule has 1 aromatic rings. The van der Waals surface area contributed by atoms with E-state index in [-0.39, 0.29) is 17.7 Å². The minimum absolute atomic E-state index is 0.0473. The SMILES string of the molecule is CCN1C(=O)C2CCOCCC2c2cc(Br)cnc21. The van der Waals surface area contributed by atoms with Gasteiger partial charge in [-0.05, 0) is 41.8 Å². The van der Waals surface area contributed by atoms with Gasteiger partial charge in [-0.1, -0.05) is 0 Å². The molecule has 2 aliphatic rings. The van der Waals surface area contributed by atoms with Crippen LogP contribution in [0.4, 0.5) is 5.82 Å². The largest absolute Gasteiger partial charge is 0.381 e. The molecule has 102 valence electrons. The highest BCUT2D eigenvalue weighted by molar-refractivity contribution is 9.10. The maximum absolute atomic E-state index is 12.6. The molecule has 2 unspecified atom stereocenters. The average molecular weight is 325 g/mol. The molecule has 2 aliphatic heterocycles. The van der Waals surface area contributed by atoms with Crippen LogP contribution in [0.2, 0.25) is 0 Å². The minimum Gasteiger partial charge on any atom is -0.381 e. The summed E-state index contributed by atoms with van der Waals surface area (Å²) in [6.07, 6.45) is 3.48. The van der Waals surface area contributed by atoms with Crippen LogP contribution in [0, 0.1) is 5.92 Å². The summed E-state index contributed by atoms with van der Waals surface area (Å²) < 4.78 is 6.52. The van der Waals surface area contributed by atoms with Crippen LogP contribution in [0.15, 0.2) is 16.7 Å². The lowest BCUT2D eigenvalue weighted by atomic mass is 9.79. The first kappa shape index (κ1) is 13.1. The highest BCUT2D eigenvalue weighted by Gasteiger charge is 2.41. The predicted molar refractivity (Wildman–Crippen MR) is 76.2 cm³/mol. The standard InChI is InChI=1S/C14H17BrN2O2/c1-2-17-13-12(7-9(15)8-16-13)10-3-5-19-6-4-11(10)14(17)18/h7-8,10-11H,2-6H2,1H3. The number of hydrogen-bond donors (Lipinski definition) is 0. The zero-order valence-electron chi connectivity index (χ0n) is 10.9. The van der Waals surface area contributed by atoms with E-state index in [1.807, 2.05) is 11.8 Å². The zero-order valence-corrected chi connectivity index (χ0v) is 12.5. The Morgan fingerprint density at radius 2 is 2.16 bits per heavy atom. The van der Waals surface area contributed by atoms with Crippen molar-refractivity contribution in [2.24, 2.45) is 5.92 Å². The van der Waals surface area contributed by atoms with Gasteiger partial charge >= 0.3 is 0 Å². The summed E-state index contributed by atoms with van der Waals surface area (Å²) in [5.74, 6) is 1.34. The van der Waals surface area contributed by atoms with Gasteiger partial charge in [0, 0.05) is 47.8 Å². The van der Waals surface area contributed by atoms with E-state index in [9.17, 15) is 4.79 Å². The van der Waals surface area contributed by atoms with Gasteiger partial charge in [-0.3, -0.25) is 9.69 Å². The Labute approximate surface area is 121 Å². The molecule has 5 heteroatoms. The van der Waals surface area contributed by atoms with Gasteiger partial charge in [0.15, 0.2) is 0 Å². The van der Waals surface area contributed by atoms with Gasteiger partial charge in [-0.15, -0.1) is 0 Å². The van der Waals surface area contributed by atoms with Crippen LogP contribution < -0.4 is 4.90 Å². The number of hydrogen-bond acceptors (Lipinski definition) is 3. The molecule has 1 amide bonds. The lowest BCUT2D eigenvalue weighted by molar-refractivity contribution is -0.123. The number of halogens is 1. The fourth-order valence-corrected chi connectivity index (χ4v) is 3.50. The fourth-order valence-electron chi connectivity index (χ4n) is 3.15. The van der Waals surface area contributed by atoms with Gasteiger partial charge in [0.25, 0.3) is 0 Å². The first-order valence-corrected chi connectivity index (χ1v) is 7.56. The van der Waals surface area contributed by atoms with E-state index in [2.05, 4.69) is 27.0 Å². The zero-order chi connectivity index (χ0) is 13.4. The quantitative estimate of drug-likeness (QED) is 0.797. The highest BCUT2D eigenvalue weighted by atomic mass is 79.9. The summed E-state index contributed by atoms with van der Waals surface area (Å²) in [5.41, 5.74) is 1.19. The number of anilines is 1. The predicted octanol–water partition coefficient (Wildman–Crippen LogP) is 2.72. The number of nitrogens with zero attached hydrogens (tertiary/aromatic N) is 2. The Kier molecular flexibility index (Phi) is 3.58. The van der Waals surface area contributed by atoms with Crippen LogP contribution in [-0.2, 0) is 9.53 Å². The fraction of sp³-hybridized carbons (Fsp3) is 0.571. The van der Waals surface area contributed by atoms with Crippen LogP contribution >= 0.6 is 15.9 Å². The van der Waals surface area contributed by atoms with Gasteiger partial charge in [-0.25, -0.2) is 4.98 Å². The van der Waals surface area contributed by atoms with E-state index in [0.29, 0.717) is 13.2 Å². The third-order valence-corrected chi connectivity index (χ3v) is 4.48. The van der Waals surface area contributed by atoms with Crippen LogP contribution in [0.5, 0.6) is 0 Å². The summed E-state index contributed by atoms with van der Waals surface area (Å²) in [7, 11) is 0. The third kappa shape index (κ3) is 2.19. The summed E-state index contributed by atoms with van der Waals surface area (Å²) >= 11 is 3.49. The maximum atomic E-state index is 12.6. The van der Waals surface area contributed by atoms with E-state index in [4.69, 9.17) is 4.74 Å². The van der Waals surface area contributed by atoms with Gasteiger partial charge in [0.1, 0.15) is 5.82 Å². The second-order valence-electron chi connectivity index (χ2n) is 5.05. The van der Waals surface area contributed by atoms with Crippen LogP contribution in [0.1, 0.15) is 31.2 Å². The van der Waals surface area contributed by atoms with Gasteiger partial charge < -0.3 is 4.74 Å². The van der Waals surface area contributed by atoms with Crippen molar-refractivity contribution in [1.82, 2.24) is 4.98 Å². The third-order valence-electron chi connectivity index (χ3n) is 4.05. The Morgan fingerprint density at radius 3 is 2.89 bits per heavy atom. The molecule has 19 heavy (non-hydrogen) atoms. The molecule has 4 nitrogen and oxygen atoms in total. The first-order chi connectivity index (χ1) is 9.22. The molecule has 0 spiro atoms. The molecule has 0 aromatic carbocycles. The van der Waals surface area contributed by atoms with E-state index >= 15 is 0 Å². The summed E-state index contributed by atoms with van der Waals surface area (Å²) in [6, 6.07) is 2.11. The van der Waals surface area contributed by atoms with E-state index in [1.54, 1.807) is 6.20 Å². The first-order valence-electron chi connectivity index (χ1n) is 6.77. The molecular formula is C14H17BrN2O2. The molecule has 0 aliphatic carbocycles. The molecule has 1 aromatic heterocycles. The van der Waals surface area contributed by atoms with Gasteiger partial charge in [-0.2, -0.15) is 0 Å². The Morgan fingerprint density at radius 1 is 1.42 bits per heavy atom. The Balaban J connectivity index is 2.11. The van der Waals surface area contributed by atoms with Gasteiger partial charge in [0.05, 0.1) is 0 Å². The van der Waals surface area contributed by atoms with Crippen LogP contribution in [0.25, 0.3) is 0 Å². The number of amides is 1. The molecule has 0 radical (unpaired) electrons. The lowest BCUT2D eigenvalue weighted by Gasteiger charge is -2.37. The topological polar surface area (TPSA) is 42.4 Å². The van der Waals surface area contributed by atoms with Crippen LogP contribution in [0.3, 0.4) is 0 Å². The Hall–Kier alpha value is -0.940. The van der Waals surface area contributed by atoms with Crippen molar-refractivity contribution in [1.29, 1.82) is 0 Å². The van der Waals surface area contributed by atoms with E-state index in [1.165, 1.54) is 5.56 Å². The Bertz CT molecular complexity index is 506. The van der Waals surface area contributed by atoms with Crippen molar-refractivity contribution >= 4 is 27.7 Å². The molecular weight excluding hydrogens is 308 g/mol. The van der Waals surface area contributed by atoms with Crippen molar-refractivity contribution in [2.75, 3.05) is 24.7 Å². The molecule has 0 N–H and O–H groups in total. The van der Waals surface area contributed by atoms with E-state index < -0.39 is 0 Å². The monoisotopic (exact) mass is 324 g/mol. The minimum atomic E-state index is 0.0473. The maximum Gasteiger partial charge on any atom is 0.231 e. The normalized spacial score (nSPS) is 26.6. The van der Waals surface area contributed by atoms with Gasteiger partial charge in [0.2, 0.25) is 5.91 Å². The summed E-state index contributed by atoms with van der Waals surface area (Å²) in [4.78, 5) is 18.9. The molecule has 3 heterocycles.